The molecule has 0 aromatic heterocycles. The summed E-state index contributed by atoms with van der Waals surface area (Å²) in [5.74, 6) is -1.25. The average Bonchev–Trinajstić information content (AvgIpc) is 3.20. The highest BCUT2D eigenvalue weighted by Gasteiger charge is 2.40. The van der Waals surface area contributed by atoms with Crippen LogP contribution >= 0.6 is 0 Å². The van der Waals surface area contributed by atoms with Crippen molar-refractivity contribution in [1.82, 2.24) is 10.2 Å². The lowest BCUT2D eigenvalue weighted by molar-refractivity contribution is -0.137. The fourth-order valence-electron chi connectivity index (χ4n) is 5.17. The van der Waals surface area contributed by atoms with E-state index in [1.54, 1.807) is 12.1 Å². The van der Waals surface area contributed by atoms with E-state index >= 15 is 0 Å². The Morgan fingerprint density at radius 1 is 1.02 bits per heavy atom. The van der Waals surface area contributed by atoms with Gasteiger partial charge in [0.1, 0.15) is 0 Å². The number of ketones is 1. The molecule has 1 aliphatic heterocycles. The van der Waals surface area contributed by atoms with Crippen molar-refractivity contribution >= 4 is 30.2 Å². The zero-order chi connectivity index (χ0) is 32.7. The molecule has 14 heteroatoms. The molecule has 2 atom stereocenters. The lowest BCUT2D eigenvalue weighted by Gasteiger charge is -2.23. The second kappa shape index (κ2) is 15.1. The molecule has 0 saturated carbocycles. The maximum atomic E-state index is 13.4. The van der Waals surface area contributed by atoms with E-state index in [4.69, 9.17) is 21.9 Å². The number of carbonyl (C=O) groups is 3. The maximum Gasteiger partial charge on any atom is 0.492 e. The van der Waals surface area contributed by atoms with Crippen LogP contribution in [-0.2, 0) is 43.7 Å². The van der Waals surface area contributed by atoms with E-state index in [1.807, 2.05) is 19.9 Å². The SMILES string of the molecule is CC1(C)OB(O)c2ccc(CCC(=O)[C@@H](Cc3ccc(C(F)(F)F)cc3)NC(=O)[C@@H](N)CCC(=O)N(CCN)CCN)cc21. The maximum absolute atomic E-state index is 13.4. The van der Waals surface area contributed by atoms with E-state index in [0.717, 1.165) is 23.3 Å². The molecule has 0 saturated heterocycles. The standard InChI is InChI=1S/C30H41BF3N5O5/c1-29(2)22-17-19(5-9-23(22)31(43)44-29)6-11-26(40)25(18-20-3-7-21(8-4-20)30(32,33)34)38-28(42)24(37)10-12-27(41)39(15-13-35)16-14-36/h3-5,7-9,17,24-25,43H,6,10-16,18,35-37H2,1-2H3,(H,38,42)/t24-,25+/m0/s1. The number of nitrogens with zero attached hydrogens (tertiary/aromatic N) is 1. The summed E-state index contributed by atoms with van der Waals surface area (Å²) in [5, 5.41) is 12.8. The minimum absolute atomic E-state index is 0.0103. The summed E-state index contributed by atoms with van der Waals surface area (Å²) in [6, 6.07) is 7.62. The highest BCUT2D eigenvalue weighted by Crippen LogP contribution is 2.31. The first-order valence-electron chi connectivity index (χ1n) is 14.6. The molecule has 0 unspecified atom stereocenters. The Hall–Kier alpha value is -3.30. The van der Waals surface area contributed by atoms with E-state index in [0.29, 0.717) is 30.5 Å². The molecule has 2 aromatic rings. The van der Waals surface area contributed by atoms with Gasteiger partial charge in [0.25, 0.3) is 0 Å². The molecule has 0 fully saturated rings. The van der Waals surface area contributed by atoms with E-state index in [1.165, 1.54) is 17.0 Å². The molecule has 44 heavy (non-hydrogen) atoms. The van der Waals surface area contributed by atoms with Crippen molar-refractivity contribution in [3.8, 4) is 0 Å². The van der Waals surface area contributed by atoms with Crippen molar-refractivity contribution in [3.05, 3.63) is 64.7 Å². The van der Waals surface area contributed by atoms with Gasteiger partial charge in [-0.2, -0.15) is 13.2 Å². The minimum atomic E-state index is -4.51. The van der Waals surface area contributed by atoms with Gasteiger partial charge >= 0.3 is 13.3 Å². The Kier molecular flexibility index (Phi) is 12.1. The number of carbonyl (C=O) groups excluding carboxylic acids is 3. The van der Waals surface area contributed by atoms with Gasteiger partial charge in [-0.15, -0.1) is 0 Å². The zero-order valence-electron chi connectivity index (χ0n) is 25.0. The molecule has 0 radical (unpaired) electrons. The molecule has 240 valence electrons. The van der Waals surface area contributed by atoms with E-state index < -0.39 is 42.5 Å². The quantitative estimate of drug-likeness (QED) is 0.182. The third kappa shape index (κ3) is 9.35. The number of hydrogen-bond donors (Lipinski definition) is 5. The van der Waals surface area contributed by atoms with E-state index in [9.17, 15) is 32.6 Å². The molecule has 2 aromatic carbocycles. The van der Waals surface area contributed by atoms with Crippen molar-refractivity contribution < 1.29 is 37.2 Å². The lowest BCUT2D eigenvalue weighted by Crippen LogP contribution is -2.49. The first kappa shape index (κ1) is 35.2. The molecule has 0 spiro atoms. The number of amides is 2. The molecular weight excluding hydrogens is 578 g/mol. The number of hydrogen-bond acceptors (Lipinski definition) is 8. The van der Waals surface area contributed by atoms with Gasteiger partial charge in [0, 0.05) is 39.0 Å². The van der Waals surface area contributed by atoms with Gasteiger partial charge in [-0.05, 0) is 67.4 Å². The van der Waals surface area contributed by atoms with Gasteiger partial charge in [0.05, 0.1) is 23.2 Å². The molecule has 2 amide bonds. The van der Waals surface area contributed by atoms with Crippen molar-refractivity contribution in [2.75, 3.05) is 26.2 Å². The Morgan fingerprint density at radius 2 is 1.64 bits per heavy atom. The monoisotopic (exact) mass is 619 g/mol. The van der Waals surface area contributed by atoms with Crippen LogP contribution in [0.5, 0.6) is 0 Å². The van der Waals surface area contributed by atoms with Gasteiger partial charge in [0.2, 0.25) is 11.8 Å². The van der Waals surface area contributed by atoms with Crippen molar-refractivity contribution in [2.45, 2.75) is 69.8 Å². The molecule has 0 bridgehead atoms. The second-order valence-electron chi connectivity index (χ2n) is 11.4. The van der Waals surface area contributed by atoms with Crippen LogP contribution < -0.4 is 28.0 Å². The van der Waals surface area contributed by atoms with E-state index in [-0.39, 0.29) is 50.5 Å². The number of fused-ring (bicyclic) bond motifs is 1. The summed E-state index contributed by atoms with van der Waals surface area (Å²) >= 11 is 0. The summed E-state index contributed by atoms with van der Waals surface area (Å²) in [4.78, 5) is 40.5. The summed E-state index contributed by atoms with van der Waals surface area (Å²) < 4.78 is 44.8. The second-order valence-corrected chi connectivity index (χ2v) is 11.4. The van der Waals surface area contributed by atoms with Crippen LogP contribution in [0, 0.1) is 0 Å². The van der Waals surface area contributed by atoms with E-state index in [2.05, 4.69) is 5.32 Å². The zero-order valence-corrected chi connectivity index (χ0v) is 25.0. The normalized spacial score (nSPS) is 15.4. The molecule has 8 N–H and O–H groups in total. The number of benzene rings is 2. The Labute approximate surface area is 255 Å². The van der Waals surface area contributed by atoms with Crippen LogP contribution in [0.25, 0.3) is 0 Å². The predicted octanol–water partition coefficient (Wildman–Crippen LogP) is 0.741. The smallest absolute Gasteiger partial charge is 0.423 e. The number of nitrogens with one attached hydrogen (secondary N) is 1. The number of Topliss-reactive ketones (excluding diaryl/α,β-unsaturated/α-hetero) is 1. The third-order valence-corrected chi connectivity index (χ3v) is 7.68. The summed E-state index contributed by atoms with van der Waals surface area (Å²) in [6.07, 6.45) is -4.24. The first-order valence-corrected chi connectivity index (χ1v) is 14.6. The highest BCUT2D eigenvalue weighted by molar-refractivity contribution is 6.61. The fourth-order valence-corrected chi connectivity index (χ4v) is 5.17. The van der Waals surface area contributed by atoms with Gasteiger partial charge < -0.3 is 37.1 Å². The van der Waals surface area contributed by atoms with Crippen molar-refractivity contribution in [3.63, 3.8) is 0 Å². The molecule has 10 nitrogen and oxygen atoms in total. The average molecular weight is 619 g/mol. The number of nitrogens with two attached hydrogens (primary N) is 3. The molecule has 3 rings (SSSR count). The largest absolute Gasteiger partial charge is 0.492 e. The Bertz CT molecular complexity index is 1300. The Balaban J connectivity index is 1.71. The molecule has 1 aliphatic rings. The summed E-state index contributed by atoms with van der Waals surface area (Å²) in [5.41, 5.74) is 18.3. The third-order valence-electron chi connectivity index (χ3n) is 7.68. The van der Waals surface area contributed by atoms with Crippen LogP contribution in [0.15, 0.2) is 42.5 Å². The molecular formula is C30H41BF3N5O5. The highest BCUT2D eigenvalue weighted by atomic mass is 19.4. The van der Waals surface area contributed by atoms with Crippen LogP contribution in [-0.4, -0.2) is 72.9 Å². The van der Waals surface area contributed by atoms with Gasteiger partial charge in [0.15, 0.2) is 5.78 Å². The summed E-state index contributed by atoms with van der Waals surface area (Å²) in [7, 11) is -1.04. The summed E-state index contributed by atoms with van der Waals surface area (Å²) in [6.45, 7) is 4.80. The van der Waals surface area contributed by atoms with Gasteiger partial charge in [-0.25, -0.2) is 0 Å². The van der Waals surface area contributed by atoms with Crippen molar-refractivity contribution in [2.24, 2.45) is 17.2 Å². The van der Waals surface area contributed by atoms with Crippen molar-refractivity contribution in [1.29, 1.82) is 0 Å². The number of alkyl halides is 3. The topological polar surface area (TPSA) is 174 Å². The first-order chi connectivity index (χ1) is 20.7. The van der Waals surface area contributed by atoms with Crippen LogP contribution in [0.1, 0.15) is 55.4 Å². The lowest BCUT2D eigenvalue weighted by atomic mass is 9.77. The van der Waals surface area contributed by atoms with Crippen LogP contribution in [0.2, 0.25) is 0 Å². The molecule has 1 heterocycles. The predicted molar refractivity (Wildman–Crippen MR) is 160 cm³/mol. The van der Waals surface area contributed by atoms with Gasteiger partial charge in [-0.1, -0.05) is 30.3 Å². The van der Waals surface area contributed by atoms with Gasteiger partial charge in [-0.3, -0.25) is 14.4 Å². The Morgan fingerprint density at radius 3 is 2.23 bits per heavy atom. The number of rotatable bonds is 15. The van der Waals surface area contributed by atoms with Crippen LogP contribution in [0.3, 0.4) is 0 Å². The number of halogens is 3. The fraction of sp³-hybridized carbons (Fsp3) is 0.500. The molecule has 0 aliphatic carbocycles. The van der Waals surface area contributed by atoms with Crippen LogP contribution in [0.4, 0.5) is 13.2 Å². The minimum Gasteiger partial charge on any atom is -0.423 e. The number of aryl methyl sites for hydroxylation is 1.